The molecule has 2 rings (SSSR count). The van der Waals surface area contributed by atoms with Crippen LogP contribution < -0.4 is 10.5 Å². The minimum Gasteiger partial charge on any atom is -0.376 e. The van der Waals surface area contributed by atoms with Gasteiger partial charge in [0.15, 0.2) is 0 Å². The lowest BCUT2D eigenvalue weighted by atomic mass is 9.91. The first kappa shape index (κ1) is 37.3. The van der Waals surface area contributed by atoms with E-state index in [-0.39, 0.29) is 17.1 Å². The van der Waals surface area contributed by atoms with Gasteiger partial charge in [-0.3, -0.25) is 19.1 Å². The number of ketones is 1. The number of carbonyl (C=O) groups is 1. The fourth-order valence-electron chi connectivity index (χ4n) is 3.00. The molecule has 1 aromatic carbocycles. The van der Waals surface area contributed by atoms with Crippen molar-refractivity contribution in [1.82, 2.24) is 9.73 Å². The molecule has 0 radical (unpaired) electrons. The van der Waals surface area contributed by atoms with Crippen molar-refractivity contribution in [1.29, 1.82) is 0 Å². The maximum Gasteiger partial charge on any atom is 0.149 e. The number of hydrogen-bond acceptors (Lipinski definition) is 6. The number of nitrogens with one attached hydrogen (secondary N) is 1. The monoisotopic (exact) mass is 579 g/mol. The van der Waals surface area contributed by atoms with E-state index in [4.69, 9.17) is 10.5 Å². The molecule has 1 atom stereocenters. The fraction of sp³-hybridized carbons (Fsp3) is 0.567. The number of nitrogens with zero attached hydrogens (tertiary/aromatic N) is 3. The van der Waals surface area contributed by atoms with Crippen molar-refractivity contribution in [2.24, 2.45) is 27.4 Å². The average Bonchev–Trinajstić information content (AvgIpc) is 2.83. The predicted molar refractivity (Wildman–Crippen MR) is 168 cm³/mol. The molecule has 9 nitrogen and oxygen atoms in total. The highest BCUT2D eigenvalue weighted by Gasteiger charge is 2.23. The number of hydrogen-bond donors (Lipinski definition) is 3. The van der Waals surface area contributed by atoms with Gasteiger partial charge in [0.1, 0.15) is 5.78 Å². The zero-order valence-electron chi connectivity index (χ0n) is 26.2. The maximum atomic E-state index is 12.1. The summed E-state index contributed by atoms with van der Waals surface area (Å²) in [6.45, 7) is 18.7. The van der Waals surface area contributed by atoms with Gasteiger partial charge in [0.05, 0.1) is 24.4 Å². The lowest BCUT2D eigenvalue weighted by Gasteiger charge is -2.37. The molecule has 0 aromatic heterocycles. The Bertz CT molecular complexity index is 1090. The van der Waals surface area contributed by atoms with E-state index in [2.05, 4.69) is 21.6 Å². The van der Waals surface area contributed by atoms with Crippen LogP contribution in [0.4, 0.5) is 0 Å². The molecule has 40 heavy (non-hydrogen) atoms. The summed E-state index contributed by atoms with van der Waals surface area (Å²) < 4.78 is 30.6. The van der Waals surface area contributed by atoms with E-state index in [0.717, 1.165) is 12.0 Å². The lowest BCUT2D eigenvalue weighted by Crippen LogP contribution is -2.44. The molecular weight excluding hydrogens is 526 g/mol. The zero-order valence-corrected chi connectivity index (χ0v) is 27.0. The van der Waals surface area contributed by atoms with E-state index >= 15 is 0 Å². The molecule has 1 unspecified atom stereocenters. The average molecular weight is 580 g/mol. The number of benzene rings is 1. The Kier molecular flexibility index (Phi) is 14.9. The number of carbonyl (C=O) groups excluding carboxylic acids is 1. The smallest absolute Gasteiger partial charge is 0.149 e. The summed E-state index contributed by atoms with van der Waals surface area (Å²) >= 11 is 0. The Morgan fingerprint density at radius 2 is 1.77 bits per heavy atom. The Morgan fingerprint density at radius 3 is 2.27 bits per heavy atom. The fourth-order valence-corrected chi connectivity index (χ4v) is 3.81. The third-order valence-corrected chi connectivity index (χ3v) is 6.46. The van der Waals surface area contributed by atoms with Crippen LogP contribution in [0.3, 0.4) is 0 Å². The topological polar surface area (TPSA) is 130 Å². The number of allylic oxidation sites excluding steroid dienone is 2. The second-order valence-electron chi connectivity index (χ2n) is 11.5. The second kappa shape index (κ2) is 16.0. The SMILES string of the molecule is C=C(N=NN(C)CC1C=C(NS(C)(C)(=O)O)C=CC1)C(C)(C)COCc1ccccc1.CC.CC(=O)C(C)(C)N. The van der Waals surface area contributed by atoms with Gasteiger partial charge in [-0.15, -0.1) is 14.6 Å². The van der Waals surface area contributed by atoms with Crippen LogP contribution in [0.2, 0.25) is 0 Å². The molecule has 0 aliphatic heterocycles. The number of Topliss-reactive ketones (excluding diaryl/α,β-unsaturated/α-hetero) is 1. The lowest BCUT2D eigenvalue weighted by molar-refractivity contribution is -0.120. The zero-order chi connectivity index (χ0) is 31.2. The summed E-state index contributed by atoms with van der Waals surface area (Å²) in [6.07, 6.45) is 9.20. The molecule has 0 fully saturated rings. The first-order valence-electron chi connectivity index (χ1n) is 13.5. The van der Waals surface area contributed by atoms with Crippen LogP contribution in [0.25, 0.3) is 0 Å². The van der Waals surface area contributed by atoms with Crippen molar-refractivity contribution in [2.75, 3.05) is 32.7 Å². The minimum atomic E-state index is -3.82. The van der Waals surface area contributed by atoms with Gasteiger partial charge in [-0.25, -0.2) is 0 Å². The largest absolute Gasteiger partial charge is 0.376 e. The predicted octanol–water partition coefficient (Wildman–Crippen LogP) is 5.90. The van der Waals surface area contributed by atoms with Gasteiger partial charge < -0.3 is 10.5 Å². The Labute approximate surface area is 242 Å². The van der Waals surface area contributed by atoms with Gasteiger partial charge in [0.25, 0.3) is 0 Å². The summed E-state index contributed by atoms with van der Waals surface area (Å²) in [5.74, 6) is 0.175. The van der Waals surface area contributed by atoms with Gasteiger partial charge in [0.2, 0.25) is 0 Å². The molecule has 0 amide bonds. The second-order valence-corrected chi connectivity index (χ2v) is 15.2. The first-order valence-corrected chi connectivity index (χ1v) is 16.3. The third-order valence-electron chi connectivity index (χ3n) is 5.64. The summed E-state index contributed by atoms with van der Waals surface area (Å²) in [4.78, 5) is 10.3. The van der Waals surface area contributed by atoms with E-state index in [1.54, 1.807) is 18.9 Å². The van der Waals surface area contributed by atoms with E-state index < -0.39 is 15.1 Å². The van der Waals surface area contributed by atoms with Gasteiger partial charge in [0, 0.05) is 43.1 Å². The van der Waals surface area contributed by atoms with Crippen LogP contribution >= 0.6 is 0 Å². The summed E-state index contributed by atoms with van der Waals surface area (Å²) in [5, 5.41) is 10.4. The van der Waals surface area contributed by atoms with Crippen LogP contribution in [-0.2, 0) is 25.7 Å². The van der Waals surface area contributed by atoms with Crippen LogP contribution in [0.1, 0.15) is 60.5 Å². The molecule has 1 aromatic rings. The number of rotatable bonds is 12. The van der Waals surface area contributed by atoms with E-state index in [1.165, 1.54) is 19.4 Å². The van der Waals surface area contributed by atoms with Crippen LogP contribution in [0, 0.1) is 11.3 Å². The number of ether oxygens (including phenoxy) is 1. The molecule has 10 heteroatoms. The van der Waals surface area contributed by atoms with Crippen LogP contribution in [0.15, 0.2) is 76.9 Å². The van der Waals surface area contributed by atoms with E-state index in [1.807, 2.05) is 83.3 Å². The van der Waals surface area contributed by atoms with Crippen LogP contribution in [0.5, 0.6) is 0 Å². The van der Waals surface area contributed by atoms with Crippen molar-refractivity contribution in [2.45, 2.75) is 67.0 Å². The van der Waals surface area contributed by atoms with Crippen molar-refractivity contribution < 1.29 is 18.3 Å². The molecule has 0 saturated carbocycles. The van der Waals surface area contributed by atoms with Crippen molar-refractivity contribution in [3.8, 4) is 0 Å². The Hall–Kier alpha value is -2.66. The molecule has 1 aliphatic rings. The third kappa shape index (κ3) is 17.1. The molecule has 1 aliphatic carbocycles. The molecule has 0 heterocycles. The van der Waals surface area contributed by atoms with Crippen molar-refractivity contribution in [3.63, 3.8) is 0 Å². The van der Waals surface area contributed by atoms with Gasteiger partial charge >= 0.3 is 0 Å². The Morgan fingerprint density at radius 1 is 1.23 bits per heavy atom. The molecule has 228 valence electrons. The molecule has 0 spiro atoms. The highest BCUT2D eigenvalue weighted by atomic mass is 32.3. The quantitative estimate of drug-likeness (QED) is 0.209. The number of nitrogens with two attached hydrogens (primary N) is 1. The summed E-state index contributed by atoms with van der Waals surface area (Å²) in [7, 11) is -1.96. The summed E-state index contributed by atoms with van der Waals surface area (Å²) in [6, 6.07) is 10.0. The Balaban J connectivity index is 0.00000147. The first-order chi connectivity index (χ1) is 18.2. The van der Waals surface area contributed by atoms with E-state index in [9.17, 15) is 13.6 Å². The molecule has 0 saturated heterocycles. The summed E-state index contributed by atoms with van der Waals surface area (Å²) in [5.41, 5.74) is 6.77. The van der Waals surface area contributed by atoms with Crippen molar-refractivity contribution in [3.05, 3.63) is 72.1 Å². The normalized spacial score (nSPS) is 16.4. The standard InChI is InChI=1S/C23H36N4O3S.C5H11NO.C2H6/c1-19(23(2,3)18-30-17-20-11-8-7-9-12-20)24-26-27(4)16-21-13-10-14-22(15-21)25-31(5,6,28)29;1-4(7)5(2,3)6;1-2/h7-12,14-15,21H,1,13,16-18H2,2-6H3,(H2,25,28,29);6H2,1-3H3;1-2H3. The van der Waals surface area contributed by atoms with Crippen molar-refractivity contribution >= 4 is 15.3 Å². The molecule has 4 N–H and O–H groups in total. The van der Waals surface area contributed by atoms with Gasteiger partial charge in [-0.2, -0.15) is 4.21 Å². The minimum absolute atomic E-state index is 0.0208. The molecule has 0 bridgehead atoms. The molecular formula is C30H53N5O4S. The highest BCUT2D eigenvalue weighted by Crippen LogP contribution is 2.27. The highest BCUT2D eigenvalue weighted by molar-refractivity contribution is 8.12. The van der Waals surface area contributed by atoms with Gasteiger partial charge in [-0.05, 0) is 38.8 Å². The van der Waals surface area contributed by atoms with Crippen LogP contribution in [-0.4, -0.2) is 57.8 Å². The van der Waals surface area contributed by atoms with E-state index in [0.29, 0.717) is 31.2 Å². The maximum absolute atomic E-state index is 12.1. The van der Waals surface area contributed by atoms with Gasteiger partial charge in [-0.1, -0.05) is 82.0 Å².